The molecule has 0 radical (unpaired) electrons. The molecule has 1 aromatic carbocycles. The number of rotatable bonds is 2. The Hall–Kier alpha value is -1.68. The third kappa shape index (κ3) is 2.56. The number of carbonyl (C=O) groups is 2. The molecule has 22 heavy (non-hydrogen) atoms. The van der Waals surface area contributed by atoms with Gasteiger partial charge in [0.1, 0.15) is 5.92 Å². The van der Waals surface area contributed by atoms with Crippen LogP contribution in [0.5, 0.6) is 0 Å². The number of aryl methyl sites for hydroxylation is 3. The van der Waals surface area contributed by atoms with Crippen LogP contribution in [0.15, 0.2) is 12.1 Å². The maximum absolute atomic E-state index is 12.8. The highest BCUT2D eigenvalue weighted by molar-refractivity contribution is 6.11. The summed E-state index contributed by atoms with van der Waals surface area (Å²) in [4.78, 5) is 25.2. The van der Waals surface area contributed by atoms with Gasteiger partial charge in [-0.25, -0.2) is 0 Å². The molecule has 0 amide bonds. The average Bonchev–Trinajstić information content (AvgIpc) is 2.75. The number of hydrogen-bond donors (Lipinski definition) is 0. The largest absolute Gasteiger partial charge is 0.453 e. The molecule has 2 aliphatic rings. The van der Waals surface area contributed by atoms with E-state index in [9.17, 15) is 9.59 Å². The van der Waals surface area contributed by atoms with E-state index in [1.807, 2.05) is 32.9 Å². The molecule has 2 fully saturated rings. The monoisotopic (exact) mass is 302 g/mol. The van der Waals surface area contributed by atoms with Gasteiger partial charge in [-0.2, -0.15) is 0 Å². The lowest BCUT2D eigenvalue weighted by atomic mass is 9.83. The first kappa shape index (κ1) is 15.2. The second kappa shape index (κ2) is 5.84. The summed E-state index contributed by atoms with van der Waals surface area (Å²) in [5.41, 5.74) is 3.94. The highest BCUT2D eigenvalue weighted by atomic mass is 16.6. The summed E-state index contributed by atoms with van der Waals surface area (Å²) in [6.07, 6.45) is 0.964. The van der Waals surface area contributed by atoms with Crippen LogP contribution in [0.2, 0.25) is 0 Å². The van der Waals surface area contributed by atoms with Gasteiger partial charge in [-0.05, 0) is 50.3 Å². The average molecular weight is 302 g/mol. The Morgan fingerprint density at radius 1 is 1.00 bits per heavy atom. The van der Waals surface area contributed by atoms with Crippen LogP contribution in [-0.2, 0) is 19.1 Å². The van der Waals surface area contributed by atoms with Crippen molar-refractivity contribution >= 4 is 11.8 Å². The summed E-state index contributed by atoms with van der Waals surface area (Å²) >= 11 is 0. The molecule has 1 aromatic rings. The van der Waals surface area contributed by atoms with Gasteiger partial charge in [-0.3, -0.25) is 9.59 Å². The molecule has 4 heteroatoms. The van der Waals surface area contributed by atoms with Crippen molar-refractivity contribution in [3.8, 4) is 0 Å². The Kier molecular flexibility index (Phi) is 4.04. The lowest BCUT2D eigenvalue weighted by molar-refractivity contribution is -0.146. The number of ketones is 1. The Bertz CT molecular complexity index is 591. The molecular formula is C18H22O4. The van der Waals surface area contributed by atoms with Crippen molar-refractivity contribution in [3.63, 3.8) is 0 Å². The fraction of sp³-hybridized carbons (Fsp3) is 0.556. The van der Waals surface area contributed by atoms with E-state index in [1.54, 1.807) is 0 Å². The second-order valence-corrected chi connectivity index (χ2v) is 6.46. The predicted molar refractivity (Wildman–Crippen MR) is 81.8 cm³/mol. The SMILES string of the molecule is Cc1cc(C)c(C2C(=O)OC(C3CCOCC3)C2=O)c(C)c1. The molecule has 118 valence electrons. The van der Waals surface area contributed by atoms with Gasteiger partial charge >= 0.3 is 5.97 Å². The van der Waals surface area contributed by atoms with Crippen LogP contribution in [0.3, 0.4) is 0 Å². The van der Waals surface area contributed by atoms with Crippen LogP contribution >= 0.6 is 0 Å². The van der Waals surface area contributed by atoms with Gasteiger partial charge in [0.25, 0.3) is 0 Å². The topological polar surface area (TPSA) is 52.6 Å². The maximum Gasteiger partial charge on any atom is 0.321 e. The molecule has 0 aliphatic carbocycles. The standard InChI is InChI=1S/C18H22O4/c1-10-8-11(2)14(12(3)9-10)15-16(19)17(22-18(15)20)13-4-6-21-7-5-13/h8-9,13,15,17H,4-7H2,1-3H3. The summed E-state index contributed by atoms with van der Waals surface area (Å²) in [7, 11) is 0. The fourth-order valence-corrected chi connectivity index (χ4v) is 3.79. The summed E-state index contributed by atoms with van der Waals surface area (Å²) in [5.74, 6) is -1.13. The van der Waals surface area contributed by atoms with E-state index >= 15 is 0 Å². The number of benzene rings is 1. The minimum Gasteiger partial charge on any atom is -0.453 e. The van der Waals surface area contributed by atoms with Gasteiger partial charge < -0.3 is 9.47 Å². The molecule has 2 heterocycles. The minimum atomic E-state index is -0.756. The van der Waals surface area contributed by atoms with E-state index in [1.165, 1.54) is 0 Å². The first-order valence-electron chi connectivity index (χ1n) is 7.88. The van der Waals surface area contributed by atoms with E-state index in [0.717, 1.165) is 35.1 Å². The molecule has 3 rings (SSSR count). The Morgan fingerprint density at radius 3 is 2.18 bits per heavy atom. The van der Waals surface area contributed by atoms with Crippen molar-refractivity contribution in [2.45, 2.75) is 45.6 Å². The molecule has 2 unspecified atom stereocenters. The van der Waals surface area contributed by atoms with E-state index < -0.39 is 18.0 Å². The molecule has 2 aliphatic heterocycles. The van der Waals surface area contributed by atoms with Crippen molar-refractivity contribution in [2.24, 2.45) is 5.92 Å². The van der Waals surface area contributed by atoms with Crippen molar-refractivity contribution in [1.29, 1.82) is 0 Å². The molecule has 2 atom stereocenters. The van der Waals surface area contributed by atoms with Crippen LogP contribution in [0.25, 0.3) is 0 Å². The number of hydrogen-bond acceptors (Lipinski definition) is 4. The first-order valence-corrected chi connectivity index (χ1v) is 7.88. The van der Waals surface area contributed by atoms with Crippen LogP contribution in [0.1, 0.15) is 41.0 Å². The Labute approximate surface area is 130 Å². The zero-order valence-electron chi connectivity index (χ0n) is 13.3. The Balaban J connectivity index is 1.92. The van der Waals surface area contributed by atoms with Gasteiger partial charge in [-0.15, -0.1) is 0 Å². The van der Waals surface area contributed by atoms with E-state index in [4.69, 9.17) is 9.47 Å². The molecule has 4 nitrogen and oxygen atoms in total. The number of ether oxygens (including phenoxy) is 2. The number of esters is 1. The van der Waals surface area contributed by atoms with Crippen LogP contribution in [0.4, 0.5) is 0 Å². The van der Waals surface area contributed by atoms with Crippen molar-refractivity contribution in [1.82, 2.24) is 0 Å². The first-order chi connectivity index (χ1) is 10.5. The van der Waals surface area contributed by atoms with Gasteiger partial charge in [0.15, 0.2) is 11.9 Å². The van der Waals surface area contributed by atoms with Gasteiger partial charge in [0.2, 0.25) is 0 Å². The number of Topliss-reactive ketones (excluding diaryl/α,β-unsaturated/α-hetero) is 1. The quantitative estimate of drug-likeness (QED) is 0.622. The fourth-order valence-electron chi connectivity index (χ4n) is 3.79. The lowest BCUT2D eigenvalue weighted by Crippen LogP contribution is -2.32. The minimum absolute atomic E-state index is 0.0769. The van der Waals surface area contributed by atoms with E-state index in [0.29, 0.717) is 13.2 Å². The van der Waals surface area contributed by atoms with Crippen molar-refractivity contribution in [3.05, 3.63) is 34.4 Å². The van der Waals surface area contributed by atoms with Crippen molar-refractivity contribution in [2.75, 3.05) is 13.2 Å². The predicted octanol–water partition coefficient (Wildman–Crippen LogP) is 2.62. The highest BCUT2D eigenvalue weighted by Gasteiger charge is 2.48. The molecule has 0 N–H and O–H groups in total. The van der Waals surface area contributed by atoms with Crippen molar-refractivity contribution < 1.29 is 19.1 Å². The molecular weight excluding hydrogens is 280 g/mol. The summed E-state index contributed by atoms with van der Waals surface area (Å²) in [5, 5.41) is 0. The Morgan fingerprint density at radius 2 is 1.59 bits per heavy atom. The summed E-state index contributed by atoms with van der Waals surface area (Å²) in [6, 6.07) is 4.04. The summed E-state index contributed by atoms with van der Waals surface area (Å²) in [6.45, 7) is 7.21. The number of carbonyl (C=O) groups excluding carboxylic acids is 2. The zero-order valence-corrected chi connectivity index (χ0v) is 13.3. The lowest BCUT2D eigenvalue weighted by Gasteiger charge is -2.25. The third-order valence-electron chi connectivity index (χ3n) is 4.76. The molecule has 0 aromatic heterocycles. The second-order valence-electron chi connectivity index (χ2n) is 6.46. The zero-order chi connectivity index (χ0) is 15.9. The van der Waals surface area contributed by atoms with Crippen LogP contribution in [-0.4, -0.2) is 31.1 Å². The molecule has 0 spiro atoms. The van der Waals surface area contributed by atoms with Gasteiger partial charge in [-0.1, -0.05) is 17.7 Å². The summed E-state index contributed by atoms with van der Waals surface area (Å²) < 4.78 is 10.8. The maximum atomic E-state index is 12.8. The normalized spacial score (nSPS) is 26.3. The highest BCUT2D eigenvalue weighted by Crippen LogP contribution is 2.37. The third-order valence-corrected chi connectivity index (χ3v) is 4.76. The van der Waals surface area contributed by atoms with Crippen LogP contribution < -0.4 is 0 Å². The molecule has 0 bridgehead atoms. The van der Waals surface area contributed by atoms with E-state index in [-0.39, 0.29) is 11.7 Å². The van der Waals surface area contributed by atoms with Gasteiger partial charge in [0.05, 0.1) is 0 Å². The molecule has 0 saturated carbocycles. The molecule has 2 saturated heterocycles. The van der Waals surface area contributed by atoms with Crippen LogP contribution in [0, 0.1) is 26.7 Å². The van der Waals surface area contributed by atoms with Gasteiger partial charge in [0, 0.05) is 19.1 Å². The number of cyclic esters (lactones) is 1. The smallest absolute Gasteiger partial charge is 0.321 e. The van der Waals surface area contributed by atoms with E-state index in [2.05, 4.69) is 0 Å².